The smallest absolute Gasteiger partial charge is 0.247 e. The Bertz CT molecular complexity index is 1310. The van der Waals surface area contributed by atoms with E-state index < -0.39 is 45.1 Å². The summed E-state index contributed by atoms with van der Waals surface area (Å²) >= 11 is 1.08. The Morgan fingerprint density at radius 1 is 1.25 bits per heavy atom. The summed E-state index contributed by atoms with van der Waals surface area (Å²) in [5.41, 5.74) is -0.434. The van der Waals surface area contributed by atoms with Gasteiger partial charge in [-0.05, 0) is 50.7 Å². The molecule has 1 amide bonds. The van der Waals surface area contributed by atoms with Crippen molar-refractivity contribution in [3.63, 3.8) is 0 Å². The second-order valence-corrected chi connectivity index (χ2v) is 10.9. The molecule has 1 aliphatic rings. The molecule has 1 aliphatic heterocycles. The van der Waals surface area contributed by atoms with Crippen molar-refractivity contribution in [2.45, 2.75) is 43.4 Å². The first-order valence-electron chi connectivity index (χ1n) is 11.4. The van der Waals surface area contributed by atoms with Gasteiger partial charge in [-0.25, -0.2) is 22.2 Å². The van der Waals surface area contributed by atoms with Crippen LogP contribution in [0.1, 0.15) is 54.1 Å². The number of thioether (sulfide) groups is 1. The number of aromatic nitrogens is 1. The lowest BCUT2D eigenvalue weighted by Gasteiger charge is -2.29. The normalized spacial score (nSPS) is 14.3. The molecule has 36 heavy (non-hydrogen) atoms. The van der Waals surface area contributed by atoms with Crippen LogP contribution in [0.3, 0.4) is 0 Å². The molecule has 0 atom stereocenters. The number of ketones is 1. The van der Waals surface area contributed by atoms with Crippen molar-refractivity contribution >= 4 is 39.3 Å². The summed E-state index contributed by atoms with van der Waals surface area (Å²) in [6.07, 6.45) is 3.13. The molecule has 1 aromatic heterocycles. The number of nitrogens with zero attached hydrogens (tertiary/aromatic N) is 3. The molecule has 1 aromatic carbocycles. The predicted octanol–water partition coefficient (Wildman–Crippen LogP) is 3.80. The highest BCUT2D eigenvalue weighted by Gasteiger charge is 2.38. The molecule has 3 rings (SSSR count). The minimum absolute atomic E-state index is 0.167. The Hall–Kier alpha value is -2.88. The predicted molar refractivity (Wildman–Crippen MR) is 132 cm³/mol. The molecule has 1 saturated heterocycles. The molecule has 0 spiro atoms. The molecule has 1 N–H and O–H groups in total. The zero-order chi connectivity index (χ0) is 26.5. The summed E-state index contributed by atoms with van der Waals surface area (Å²) in [5.74, 6) is -5.05. The van der Waals surface area contributed by atoms with Crippen molar-refractivity contribution in [1.29, 1.82) is 5.26 Å². The minimum atomic E-state index is -4.62. The van der Waals surface area contributed by atoms with Crippen molar-refractivity contribution in [2.75, 3.05) is 23.7 Å². The van der Waals surface area contributed by atoms with Crippen LogP contribution in [0.5, 0.6) is 0 Å². The molecule has 2 heterocycles. The van der Waals surface area contributed by atoms with E-state index in [0.717, 1.165) is 23.9 Å². The molecule has 0 aliphatic carbocycles. The van der Waals surface area contributed by atoms with Gasteiger partial charge in [0, 0.05) is 24.0 Å². The fourth-order valence-corrected chi connectivity index (χ4v) is 6.10. The number of carbonyl (C=O) groups is 2. The van der Waals surface area contributed by atoms with Crippen LogP contribution in [0.15, 0.2) is 29.3 Å². The molecule has 0 saturated carbocycles. The van der Waals surface area contributed by atoms with Crippen LogP contribution in [0, 0.1) is 28.9 Å². The van der Waals surface area contributed by atoms with Gasteiger partial charge in [0.2, 0.25) is 15.9 Å². The Labute approximate surface area is 213 Å². The van der Waals surface area contributed by atoms with E-state index in [-0.39, 0.29) is 33.9 Å². The van der Waals surface area contributed by atoms with Gasteiger partial charge in [-0.3, -0.25) is 9.59 Å². The number of rotatable bonds is 9. The van der Waals surface area contributed by atoms with E-state index in [9.17, 15) is 32.0 Å². The maximum Gasteiger partial charge on any atom is 0.247 e. The molecular weight excluding hydrogens is 510 g/mol. The molecule has 192 valence electrons. The van der Waals surface area contributed by atoms with Crippen LogP contribution >= 0.6 is 11.8 Å². The van der Waals surface area contributed by atoms with Crippen molar-refractivity contribution in [3.05, 3.63) is 52.6 Å². The first-order valence-corrected chi connectivity index (χ1v) is 14.2. The van der Waals surface area contributed by atoms with E-state index in [4.69, 9.17) is 0 Å². The first-order chi connectivity index (χ1) is 17.1. The topological polar surface area (TPSA) is 120 Å². The fraction of sp³-hybridized carbons (Fsp3) is 0.417. The van der Waals surface area contributed by atoms with E-state index in [1.54, 1.807) is 6.26 Å². The van der Waals surface area contributed by atoms with Gasteiger partial charge in [-0.1, -0.05) is 13.0 Å². The summed E-state index contributed by atoms with van der Waals surface area (Å²) in [6.45, 7) is 2.82. The van der Waals surface area contributed by atoms with E-state index in [1.807, 2.05) is 13.0 Å². The lowest BCUT2D eigenvalue weighted by molar-refractivity contribution is -0.121. The fourth-order valence-electron chi connectivity index (χ4n) is 3.95. The van der Waals surface area contributed by atoms with E-state index in [2.05, 4.69) is 10.3 Å². The maximum atomic E-state index is 14.4. The number of benzene rings is 1. The second-order valence-electron chi connectivity index (χ2n) is 8.32. The summed E-state index contributed by atoms with van der Waals surface area (Å²) in [6, 6.07) is 5.59. The summed E-state index contributed by atoms with van der Waals surface area (Å²) in [4.78, 5) is 30.5. The highest BCUT2D eigenvalue weighted by atomic mass is 32.2. The van der Waals surface area contributed by atoms with Gasteiger partial charge in [0.25, 0.3) is 0 Å². The number of nitriles is 1. The van der Waals surface area contributed by atoms with Crippen LogP contribution < -0.4 is 9.62 Å². The zero-order valence-electron chi connectivity index (χ0n) is 19.9. The molecule has 8 nitrogen and oxygen atoms in total. The lowest BCUT2D eigenvalue weighted by Crippen LogP contribution is -2.45. The Morgan fingerprint density at radius 3 is 2.53 bits per heavy atom. The number of amides is 1. The molecule has 0 bridgehead atoms. The molecule has 2 aromatic rings. The van der Waals surface area contributed by atoms with Gasteiger partial charge >= 0.3 is 0 Å². The largest absolute Gasteiger partial charge is 0.317 e. The molecule has 0 radical (unpaired) electrons. The summed E-state index contributed by atoms with van der Waals surface area (Å²) in [5, 5.41) is 13.1. The van der Waals surface area contributed by atoms with Crippen molar-refractivity contribution in [2.24, 2.45) is 5.92 Å². The SMILES string of the molecule is CCCC(=O)c1cc(C#N)c(N(C(=O)C2CCNCC2)S(=O)(=O)Cc2ccc(F)cc2F)nc1SC. The standard InChI is InChI=1S/C24H26F2N4O4S2/c1-3-4-21(31)19-11-17(13-27)22(29-23(19)35-2)30(24(32)15-7-9-28-10-8-15)36(33,34)14-16-5-6-18(25)12-20(16)26/h5-6,11-12,15,28H,3-4,7-10,14H2,1-2H3. The third-order valence-corrected chi connectivity index (χ3v) is 8.05. The highest BCUT2D eigenvalue weighted by Crippen LogP contribution is 2.32. The third-order valence-electron chi connectivity index (χ3n) is 5.77. The molecule has 0 unspecified atom stereocenters. The number of piperidine rings is 1. The number of pyridine rings is 1. The van der Waals surface area contributed by atoms with Gasteiger partial charge < -0.3 is 5.32 Å². The Balaban J connectivity index is 2.18. The van der Waals surface area contributed by atoms with Gasteiger partial charge in [0.15, 0.2) is 11.6 Å². The van der Waals surface area contributed by atoms with Crippen LogP contribution in [0.25, 0.3) is 0 Å². The van der Waals surface area contributed by atoms with Crippen molar-refractivity contribution < 1.29 is 26.8 Å². The number of carbonyl (C=O) groups excluding carboxylic acids is 2. The number of hydrogen-bond donors (Lipinski definition) is 1. The monoisotopic (exact) mass is 536 g/mol. The molecule has 12 heteroatoms. The summed E-state index contributed by atoms with van der Waals surface area (Å²) in [7, 11) is -4.62. The number of sulfonamides is 1. The average molecular weight is 537 g/mol. The van der Waals surface area contributed by atoms with Crippen LogP contribution in [0.4, 0.5) is 14.6 Å². The molecular formula is C24H26F2N4O4S2. The van der Waals surface area contributed by atoms with Crippen LogP contribution in [0.2, 0.25) is 0 Å². The quantitative estimate of drug-likeness (QED) is 0.380. The molecule has 1 fully saturated rings. The zero-order valence-corrected chi connectivity index (χ0v) is 21.5. The van der Waals surface area contributed by atoms with Gasteiger partial charge in [-0.15, -0.1) is 11.8 Å². The number of anilines is 1. The van der Waals surface area contributed by atoms with Crippen molar-refractivity contribution in [3.8, 4) is 6.07 Å². The third kappa shape index (κ3) is 6.08. The highest BCUT2D eigenvalue weighted by molar-refractivity contribution is 7.98. The Morgan fingerprint density at radius 2 is 1.94 bits per heavy atom. The van der Waals surface area contributed by atoms with Crippen molar-refractivity contribution in [1.82, 2.24) is 10.3 Å². The van der Waals surface area contributed by atoms with Gasteiger partial charge in [-0.2, -0.15) is 9.57 Å². The van der Waals surface area contributed by atoms with E-state index >= 15 is 0 Å². The average Bonchev–Trinajstić information content (AvgIpc) is 2.85. The second kappa shape index (κ2) is 11.9. The van der Waals surface area contributed by atoms with Gasteiger partial charge in [0.1, 0.15) is 22.7 Å². The van der Waals surface area contributed by atoms with E-state index in [1.165, 1.54) is 6.07 Å². The number of halogens is 2. The number of hydrogen-bond acceptors (Lipinski definition) is 8. The van der Waals surface area contributed by atoms with Crippen LogP contribution in [-0.4, -0.2) is 44.4 Å². The van der Waals surface area contributed by atoms with Crippen LogP contribution in [-0.2, 0) is 20.6 Å². The maximum absolute atomic E-state index is 14.4. The lowest BCUT2D eigenvalue weighted by atomic mass is 9.97. The van der Waals surface area contributed by atoms with Gasteiger partial charge in [0.05, 0.1) is 16.9 Å². The van der Waals surface area contributed by atoms with E-state index in [0.29, 0.717) is 42.7 Å². The number of nitrogens with one attached hydrogen (secondary N) is 1. The number of Topliss-reactive ketones (excluding diaryl/α,β-unsaturated/α-hetero) is 1. The first kappa shape index (κ1) is 27.7. The Kier molecular flexibility index (Phi) is 9.16. The minimum Gasteiger partial charge on any atom is -0.317 e. The summed E-state index contributed by atoms with van der Waals surface area (Å²) < 4.78 is 55.4.